The summed E-state index contributed by atoms with van der Waals surface area (Å²) in [6, 6.07) is 41.2. The van der Waals surface area contributed by atoms with Crippen molar-refractivity contribution in [2.75, 3.05) is 12.1 Å². The second-order valence-electron chi connectivity index (χ2n) is 11.4. The Kier molecular flexibility index (Phi) is 5.29. The van der Waals surface area contributed by atoms with Gasteiger partial charge in [0.2, 0.25) is 0 Å². The molecule has 6 aromatic carbocycles. The van der Waals surface area contributed by atoms with Crippen LogP contribution in [0.3, 0.4) is 0 Å². The molecule has 2 aromatic heterocycles. The van der Waals surface area contributed by atoms with E-state index in [1.165, 1.54) is 10.8 Å². The van der Waals surface area contributed by atoms with Gasteiger partial charge in [-0.1, -0.05) is 78.9 Å². The van der Waals surface area contributed by atoms with E-state index in [-0.39, 0.29) is 11.6 Å². The monoisotopic (exact) mass is 570 g/mol. The maximum absolute atomic E-state index is 13.9. The van der Waals surface area contributed by atoms with Crippen LogP contribution in [0.2, 0.25) is 0 Å². The zero-order valence-electron chi connectivity index (χ0n) is 23.9. The Morgan fingerprint density at radius 2 is 1.55 bits per heavy atom. The number of benzene rings is 6. The van der Waals surface area contributed by atoms with E-state index in [4.69, 9.17) is 14.8 Å². The van der Waals surface area contributed by atoms with Crippen LogP contribution in [0.4, 0.5) is 5.69 Å². The van der Waals surface area contributed by atoms with Crippen LogP contribution in [0.1, 0.15) is 23.6 Å². The largest absolute Gasteiger partial charge is 0.497 e. The second-order valence-corrected chi connectivity index (χ2v) is 11.4. The second kappa shape index (κ2) is 9.38. The van der Waals surface area contributed by atoms with Crippen LogP contribution in [0, 0.1) is 0 Å². The number of pyridine rings is 1. The fraction of sp³-hybridized carbons (Fsp3) is 0.0789. The first-order valence-corrected chi connectivity index (χ1v) is 14.8. The summed E-state index contributed by atoms with van der Waals surface area (Å²) < 4.78 is 7.20. The lowest BCUT2D eigenvalue weighted by Gasteiger charge is -2.24. The summed E-state index contributed by atoms with van der Waals surface area (Å²) in [5.74, 6) is 0.824. The zero-order valence-corrected chi connectivity index (χ0v) is 23.9. The molecule has 6 heteroatoms. The first-order valence-electron chi connectivity index (χ1n) is 14.8. The highest BCUT2D eigenvalue weighted by Crippen LogP contribution is 2.40. The number of rotatable bonds is 4. The predicted molar refractivity (Wildman–Crippen MR) is 178 cm³/mol. The fourth-order valence-electron chi connectivity index (χ4n) is 6.87. The van der Waals surface area contributed by atoms with E-state index in [1.54, 1.807) is 11.5 Å². The van der Waals surface area contributed by atoms with Crippen molar-refractivity contribution >= 4 is 60.4 Å². The van der Waals surface area contributed by atoms with Gasteiger partial charge in [-0.25, -0.2) is 4.98 Å². The Morgan fingerprint density at radius 1 is 0.750 bits per heavy atom. The quantitative estimate of drug-likeness (QED) is 0.214. The van der Waals surface area contributed by atoms with Crippen LogP contribution in [-0.2, 0) is 0 Å². The summed E-state index contributed by atoms with van der Waals surface area (Å²) in [4.78, 5) is 18.8. The molecule has 0 saturated carbocycles. The molecule has 0 fully saturated rings. The van der Waals surface area contributed by atoms with E-state index in [0.717, 1.165) is 55.5 Å². The van der Waals surface area contributed by atoms with Gasteiger partial charge in [0.25, 0.3) is 5.56 Å². The van der Waals surface area contributed by atoms with Gasteiger partial charge in [-0.2, -0.15) is 5.10 Å². The maximum atomic E-state index is 13.9. The number of hydrazone groups is 1. The van der Waals surface area contributed by atoms with Crippen molar-refractivity contribution in [2.24, 2.45) is 5.10 Å². The van der Waals surface area contributed by atoms with E-state index in [1.807, 2.05) is 42.5 Å². The average Bonchev–Trinajstić information content (AvgIpc) is 3.70. The van der Waals surface area contributed by atoms with Crippen molar-refractivity contribution in [2.45, 2.75) is 12.5 Å². The molecule has 3 heterocycles. The minimum atomic E-state index is -0.0498. The molecule has 0 N–H and O–H groups in total. The van der Waals surface area contributed by atoms with Gasteiger partial charge < -0.3 is 4.74 Å². The fourth-order valence-corrected chi connectivity index (χ4v) is 6.87. The number of imidazole rings is 1. The normalized spacial score (nSPS) is 15.2. The number of hydrogen-bond acceptors (Lipinski definition) is 5. The minimum Gasteiger partial charge on any atom is -0.497 e. The third-order valence-electron chi connectivity index (χ3n) is 9.00. The summed E-state index contributed by atoms with van der Waals surface area (Å²) in [6.45, 7) is 0. The summed E-state index contributed by atoms with van der Waals surface area (Å²) >= 11 is 0. The Morgan fingerprint density at radius 3 is 2.41 bits per heavy atom. The first-order chi connectivity index (χ1) is 21.7. The van der Waals surface area contributed by atoms with Crippen LogP contribution in [0.15, 0.2) is 131 Å². The van der Waals surface area contributed by atoms with E-state index < -0.39 is 0 Å². The van der Waals surface area contributed by atoms with Gasteiger partial charge in [-0.15, -0.1) is 0 Å². The number of ether oxygens (including phenoxy) is 1. The molecule has 0 amide bonds. The molecule has 0 bridgehead atoms. The number of fused-ring (bicyclic) bond motifs is 5. The number of hydrogen-bond donors (Lipinski definition) is 0. The highest BCUT2D eigenvalue weighted by atomic mass is 16.5. The molecule has 6 nitrogen and oxygen atoms in total. The zero-order chi connectivity index (χ0) is 29.4. The molecule has 0 radical (unpaired) electrons. The molecule has 8 aromatic rings. The van der Waals surface area contributed by atoms with Crippen LogP contribution in [0.25, 0.3) is 49.0 Å². The molecule has 1 aliphatic heterocycles. The SMILES string of the molecule is COc1ccc([C@H]2CC(c3ccc4c(=O)n5c6ccccc6nc5c5cccc3c45)=NN2c2ccc3ccccc3c2)cc1. The lowest BCUT2D eigenvalue weighted by molar-refractivity contribution is 0.414. The van der Waals surface area contributed by atoms with Crippen LogP contribution >= 0.6 is 0 Å². The summed E-state index contributed by atoms with van der Waals surface area (Å²) in [5.41, 5.74) is 6.48. The number of nitrogens with zero attached hydrogens (tertiary/aromatic N) is 4. The number of aromatic nitrogens is 2. The molecule has 44 heavy (non-hydrogen) atoms. The van der Waals surface area contributed by atoms with Crippen molar-refractivity contribution in [3.05, 3.63) is 143 Å². The average molecular weight is 571 g/mol. The van der Waals surface area contributed by atoms with Crippen LogP contribution in [-0.4, -0.2) is 22.2 Å². The minimum absolute atomic E-state index is 0.00582. The summed E-state index contributed by atoms with van der Waals surface area (Å²) in [7, 11) is 1.69. The molecule has 9 rings (SSSR count). The third-order valence-corrected chi connectivity index (χ3v) is 9.00. The van der Waals surface area contributed by atoms with E-state index >= 15 is 0 Å². The highest BCUT2D eigenvalue weighted by Gasteiger charge is 2.31. The number of anilines is 1. The van der Waals surface area contributed by atoms with Gasteiger partial charge in [0, 0.05) is 28.1 Å². The highest BCUT2D eigenvalue weighted by molar-refractivity contribution is 6.22. The number of para-hydroxylation sites is 2. The van der Waals surface area contributed by atoms with Gasteiger partial charge in [0.1, 0.15) is 11.4 Å². The molecule has 1 aliphatic rings. The Balaban J connectivity index is 1.25. The smallest absolute Gasteiger partial charge is 0.264 e. The van der Waals surface area contributed by atoms with E-state index in [9.17, 15) is 4.79 Å². The molecule has 0 aliphatic carbocycles. The molecule has 1 atom stereocenters. The molecular weight excluding hydrogens is 544 g/mol. The Bertz CT molecular complexity index is 2500. The van der Waals surface area contributed by atoms with Crippen molar-refractivity contribution in [1.82, 2.24) is 9.38 Å². The first kappa shape index (κ1) is 24.8. The topological polar surface area (TPSA) is 59.2 Å². The molecule has 0 unspecified atom stereocenters. The van der Waals surface area contributed by atoms with Gasteiger partial charge >= 0.3 is 0 Å². The molecule has 210 valence electrons. The van der Waals surface area contributed by atoms with Gasteiger partial charge in [-0.05, 0) is 64.2 Å². The van der Waals surface area contributed by atoms with Crippen molar-refractivity contribution in [3.8, 4) is 5.75 Å². The standard InChI is InChI=1S/C38H26N4O2/c1-44-27-17-14-24(15-18-27)35-22-33(40-42(35)26-16-13-23-7-2-3-8-25(23)21-26)28-19-20-31-36-29(28)9-6-10-30(36)37-39-32-11-4-5-12-34(32)41(37)38(31)43/h2-21,35H,22H2,1H3/t35-/m1/s1. The summed E-state index contributed by atoms with van der Waals surface area (Å²) in [6.07, 6.45) is 0.713. The van der Waals surface area contributed by atoms with Crippen LogP contribution in [0.5, 0.6) is 5.75 Å². The molecular formula is C38H26N4O2. The van der Waals surface area contributed by atoms with E-state index in [2.05, 4.69) is 83.9 Å². The molecule has 0 saturated heterocycles. The third kappa shape index (κ3) is 3.57. The van der Waals surface area contributed by atoms with Crippen molar-refractivity contribution in [1.29, 1.82) is 0 Å². The Hall–Kier alpha value is -5.75. The lowest BCUT2D eigenvalue weighted by Crippen LogP contribution is -2.18. The van der Waals surface area contributed by atoms with Gasteiger partial charge in [0.15, 0.2) is 0 Å². The van der Waals surface area contributed by atoms with Gasteiger partial charge in [-0.3, -0.25) is 14.2 Å². The van der Waals surface area contributed by atoms with Gasteiger partial charge in [0.05, 0.1) is 35.6 Å². The van der Waals surface area contributed by atoms with Crippen molar-refractivity contribution < 1.29 is 4.74 Å². The van der Waals surface area contributed by atoms with Crippen LogP contribution < -0.4 is 15.3 Å². The predicted octanol–water partition coefficient (Wildman–Crippen LogP) is 8.11. The Labute approximate surface area is 252 Å². The van der Waals surface area contributed by atoms with Crippen molar-refractivity contribution in [3.63, 3.8) is 0 Å². The molecule has 0 spiro atoms. The van der Waals surface area contributed by atoms with E-state index in [0.29, 0.717) is 17.5 Å². The number of methoxy groups -OCH3 is 1. The lowest BCUT2D eigenvalue weighted by atomic mass is 9.92. The summed E-state index contributed by atoms with van der Waals surface area (Å²) in [5, 5.41) is 13.4. The maximum Gasteiger partial charge on any atom is 0.264 e.